The SMILES string of the molecule is CCC(NS(=O)(=O)CC(=O)O)C(C)C. The number of sulfonamides is 1. The summed E-state index contributed by atoms with van der Waals surface area (Å²) in [5, 5.41) is 8.35. The molecule has 0 aliphatic heterocycles. The maximum Gasteiger partial charge on any atom is 0.320 e. The molecule has 0 heterocycles. The molecule has 0 spiro atoms. The molecule has 6 heteroatoms. The van der Waals surface area contributed by atoms with Crippen LogP contribution in [0.2, 0.25) is 0 Å². The monoisotopic (exact) mass is 223 g/mol. The molecule has 0 radical (unpaired) electrons. The standard InChI is InChI=1S/C8H17NO4S/c1-4-7(6(2)3)9-14(12,13)5-8(10)11/h6-7,9H,4-5H2,1-3H3,(H,10,11). The van der Waals surface area contributed by atoms with Gasteiger partial charge in [0.15, 0.2) is 5.75 Å². The topological polar surface area (TPSA) is 83.5 Å². The van der Waals surface area contributed by atoms with Gasteiger partial charge >= 0.3 is 5.97 Å². The van der Waals surface area contributed by atoms with Crippen molar-refractivity contribution in [2.24, 2.45) is 5.92 Å². The lowest BCUT2D eigenvalue weighted by molar-refractivity contribution is -0.134. The molecule has 0 saturated carbocycles. The smallest absolute Gasteiger partial charge is 0.320 e. The molecular weight excluding hydrogens is 206 g/mol. The van der Waals surface area contributed by atoms with Gasteiger partial charge in [-0.25, -0.2) is 13.1 Å². The quantitative estimate of drug-likeness (QED) is 0.683. The van der Waals surface area contributed by atoms with Gasteiger partial charge in [-0.1, -0.05) is 20.8 Å². The number of nitrogens with one attached hydrogen (secondary N) is 1. The highest BCUT2D eigenvalue weighted by Crippen LogP contribution is 2.06. The van der Waals surface area contributed by atoms with Crippen LogP contribution in [0.1, 0.15) is 27.2 Å². The summed E-state index contributed by atoms with van der Waals surface area (Å²) in [5.41, 5.74) is 0. The average molecular weight is 223 g/mol. The van der Waals surface area contributed by atoms with Gasteiger partial charge in [0, 0.05) is 6.04 Å². The van der Waals surface area contributed by atoms with Gasteiger partial charge in [0.2, 0.25) is 10.0 Å². The zero-order chi connectivity index (χ0) is 11.4. The lowest BCUT2D eigenvalue weighted by atomic mass is 10.0. The molecule has 1 unspecified atom stereocenters. The Morgan fingerprint density at radius 2 is 1.93 bits per heavy atom. The molecular formula is C8H17NO4S. The van der Waals surface area contributed by atoms with Gasteiger partial charge < -0.3 is 5.11 Å². The van der Waals surface area contributed by atoms with Crippen molar-refractivity contribution in [1.29, 1.82) is 0 Å². The zero-order valence-electron chi connectivity index (χ0n) is 8.65. The normalized spacial score (nSPS) is 14.3. The van der Waals surface area contributed by atoms with E-state index in [1.807, 2.05) is 20.8 Å². The highest BCUT2D eigenvalue weighted by Gasteiger charge is 2.21. The Balaban J connectivity index is 4.41. The summed E-state index contributed by atoms with van der Waals surface area (Å²) in [7, 11) is -3.69. The van der Waals surface area contributed by atoms with Crippen LogP contribution in [0.25, 0.3) is 0 Å². The van der Waals surface area contributed by atoms with Gasteiger partial charge in [-0.15, -0.1) is 0 Å². The van der Waals surface area contributed by atoms with E-state index in [0.717, 1.165) is 0 Å². The molecule has 2 N–H and O–H groups in total. The van der Waals surface area contributed by atoms with Crippen LogP contribution in [0, 0.1) is 5.92 Å². The fraction of sp³-hybridized carbons (Fsp3) is 0.875. The van der Waals surface area contributed by atoms with Crippen LogP contribution in [0.15, 0.2) is 0 Å². The number of carboxylic acid groups (broad SMARTS) is 1. The molecule has 0 aliphatic carbocycles. The molecule has 0 saturated heterocycles. The molecule has 5 nitrogen and oxygen atoms in total. The number of hydrogen-bond donors (Lipinski definition) is 2. The van der Waals surface area contributed by atoms with Crippen LogP contribution in [-0.4, -0.2) is 31.3 Å². The Bertz CT molecular complexity index is 284. The summed E-state index contributed by atoms with van der Waals surface area (Å²) in [4.78, 5) is 10.2. The van der Waals surface area contributed by atoms with Crippen LogP contribution in [0.5, 0.6) is 0 Å². The van der Waals surface area contributed by atoms with Crippen LogP contribution < -0.4 is 4.72 Å². The van der Waals surface area contributed by atoms with E-state index >= 15 is 0 Å². The molecule has 0 aromatic carbocycles. The molecule has 0 rings (SSSR count). The predicted octanol–water partition coefficient (Wildman–Crippen LogP) is 0.425. The number of aliphatic carboxylic acids is 1. The third kappa shape index (κ3) is 5.18. The summed E-state index contributed by atoms with van der Waals surface area (Å²) >= 11 is 0. The Morgan fingerprint density at radius 3 is 2.21 bits per heavy atom. The van der Waals surface area contributed by atoms with Gasteiger partial charge in [-0.05, 0) is 12.3 Å². The first-order chi connectivity index (χ1) is 6.28. The Labute approximate surface area is 84.6 Å². The van der Waals surface area contributed by atoms with E-state index in [1.54, 1.807) is 0 Å². The minimum Gasteiger partial charge on any atom is -0.480 e. The molecule has 0 aliphatic rings. The minimum absolute atomic E-state index is 0.156. The summed E-state index contributed by atoms with van der Waals surface area (Å²) < 4.78 is 24.8. The van der Waals surface area contributed by atoms with Crippen LogP contribution in [0.3, 0.4) is 0 Å². The summed E-state index contributed by atoms with van der Waals surface area (Å²) in [6, 6.07) is -0.195. The van der Waals surface area contributed by atoms with Crippen molar-refractivity contribution in [3.8, 4) is 0 Å². The van der Waals surface area contributed by atoms with Crippen molar-refractivity contribution < 1.29 is 18.3 Å². The average Bonchev–Trinajstić information content (AvgIpc) is 1.97. The van der Waals surface area contributed by atoms with Crippen molar-refractivity contribution in [3.05, 3.63) is 0 Å². The van der Waals surface area contributed by atoms with Gasteiger partial charge in [-0.2, -0.15) is 0 Å². The van der Waals surface area contributed by atoms with E-state index < -0.39 is 21.7 Å². The largest absolute Gasteiger partial charge is 0.480 e. The summed E-state index contributed by atoms with van der Waals surface area (Å²) in [5.74, 6) is -2.05. The van der Waals surface area contributed by atoms with E-state index in [0.29, 0.717) is 6.42 Å². The van der Waals surface area contributed by atoms with Crippen LogP contribution in [-0.2, 0) is 14.8 Å². The number of carboxylic acids is 1. The molecule has 84 valence electrons. The third-order valence-electron chi connectivity index (χ3n) is 1.89. The number of carbonyl (C=O) groups is 1. The maximum absolute atomic E-state index is 11.2. The lowest BCUT2D eigenvalue weighted by Gasteiger charge is -2.19. The first-order valence-electron chi connectivity index (χ1n) is 4.50. The van der Waals surface area contributed by atoms with E-state index in [4.69, 9.17) is 5.11 Å². The Morgan fingerprint density at radius 1 is 1.43 bits per heavy atom. The summed E-state index contributed by atoms with van der Waals surface area (Å²) in [6.07, 6.45) is 0.649. The second kappa shape index (κ2) is 5.31. The number of rotatable bonds is 6. The molecule has 0 fully saturated rings. The van der Waals surface area contributed by atoms with Crippen molar-refractivity contribution in [2.45, 2.75) is 33.2 Å². The van der Waals surface area contributed by atoms with Crippen LogP contribution in [0.4, 0.5) is 0 Å². The van der Waals surface area contributed by atoms with Crippen molar-refractivity contribution >= 4 is 16.0 Å². The van der Waals surface area contributed by atoms with E-state index in [9.17, 15) is 13.2 Å². The van der Waals surface area contributed by atoms with E-state index in [2.05, 4.69) is 4.72 Å². The van der Waals surface area contributed by atoms with E-state index in [-0.39, 0.29) is 12.0 Å². The zero-order valence-corrected chi connectivity index (χ0v) is 9.47. The van der Waals surface area contributed by atoms with Crippen molar-refractivity contribution in [3.63, 3.8) is 0 Å². The van der Waals surface area contributed by atoms with Gasteiger partial charge in [0.1, 0.15) is 0 Å². The molecule has 0 amide bonds. The molecule has 14 heavy (non-hydrogen) atoms. The van der Waals surface area contributed by atoms with Gasteiger partial charge in [0.25, 0.3) is 0 Å². The highest BCUT2D eigenvalue weighted by molar-refractivity contribution is 7.90. The fourth-order valence-corrected chi connectivity index (χ4v) is 2.43. The van der Waals surface area contributed by atoms with Gasteiger partial charge in [0.05, 0.1) is 0 Å². The molecule has 0 bridgehead atoms. The molecule has 0 aromatic rings. The second-order valence-electron chi connectivity index (χ2n) is 3.53. The van der Waals surface area contributed by atoms with Gasteiger partial charge in [-0.3, -0.25) is 4.79 Å². The highest BCUT2D eigenvalue weighted by atomic mass is 32.2. The van der Waals surface area contributed by atoms with E-state index in [1.165, 1.54) is 0 Å². The first-order valence-corrected chi connectivity index (χ1v) is 6.15. The van der Waals surface area contributed by atoms with Crippen molar-refractivity contribution in [1.82, 2.24) is 4.72 Å². The van der Waals surface area contributed by atoms with Crippen molar-refractivity contribution in [2.75, 3.05) is 5.75 Å². The molecule has 1 atom stereocenters. The Hall–Kier alpha value is -0.620. The Kier molecular flexibility index (Phi) is 5.07. The molecule has 0 aromatic heterocycles. The minimum atomic E-state index is -3.69. The second-order valence-corrected chi connectivity index (χ2v) is 5.28. The lowest BCUT2D eigenvalue weighted by Crippen LogP contribution is -2.40. The third-order valence-corrected chi connectivity index (χ3v) is 3.18. The first kappa shape index (κ1) is 13.4. The predicted molar refractivity (Wildman–Crippen MR) is 53.5 cm³/mol. The number of hydrogen-bond acceptors (Lipinski definition) is 3. The van der Waals surface area contributed by atoms with Crippen LogP contribution >= 0.6 is 0 Å². The fourth-order valence-electron chi connectivity index (χ4n) is 1.13. The summed E-state index contributed by atoms with van der Waals surface area (Å²) in [6.45, 7) is 5.63. The maximum atomic E-state index is 11.2.